The Hall–Kier alpha value is -4.04. The molecule has 8 fully saturated rings. The minimum atomic E-state index is -0.0731. The summed E-state index contributed by atoms with van der Waals surface area (Å²) < 4.78 is 34.1. The first-order valence-electron chi connectivity index (χ1n) is 33.6. The number of ether oxygens (including phenoxy) is 1. The lowest BCUT2D eigenvalue weighted by molar-refractivity contribution is 0.0115. The Morgan fingerprint density at radius 1 is 0.381 bits per heavy atom. The predicted octanol–water partition coefficient (Wildman–Crippen LogP) is 15.1. The third-order valence-electron chi connectivity index (χ3n) is 20.1. The highest BCUT2D eigenvalue weighted by Gasteiger charge is 2.31. The van der Waals surface area contributed by atoms with Crippen LogP contribution >= 0.6 is 11.6 Å². The molecular weight excluding hydrogens is 1070 g/mol. The molecule has 0 spiro atoms. The molecule has 0 bridgehead atoms. The number of hydrogen-bond donors (Lipinski definition) is 0. The standard InChI is InChI=1S/C18H27ClN2.C18H27FN2O.C18H27FN2.C17H27N3/c1-14(2)15-5-6-18(17(19)13-15)21-11-7-16(8-12-21)20-9-3-4-10-20;1-14(2)15-3-4-18(17(19)13-15)21-7-5-16(6-8-21)20-9-11-22-12-10-20;1-14(2)15-5-6-18(17(19)13-15)21-11-7-16(8-12-21)20-9-3-4-10-20;1-14(2)15-5-6-17(18-13-15)20-11-7-16(8-12-20)19-9-3-4-10-19/h5-6,13-14,16H,3-4,7-12H2,1-2H3;3-4,13-14,16H,5-12H2,1-2H3;5-6,13-14,16H,3-4,7-12H2,1-2H3;5-6,13-14,16H,3-4,7-12H2,1-2H3. The third-order valence-corrected chi connectivity index (χ3v) is 20.4. The maximum Gasteiger partial charge on any atom is 0.146 e. The number of morpholine rings is 1. The molecule has 84 heavy (non-hydrogen) atoms. The second kappa shape index (κ2) is 31.7. The molecule has 8 aliphatic heterocycles. The molecule has 0 unspecified atom stereocenters. The summed E-state index contributed by atoms with van der Waals surface area (Å²) in [6.07, 6.45) is 20.1. The van der Waals surface area contributed by atoms with Gasteiger partial charge in [0.05, 0.1) is 35.3 Å². The van der Waals surface area contributed by atoms with Gasteiger partial charge in [-0.25, -0.2) is 13.8 Å². The second-order valence-corrected chi connectivity index (χ2v) is 27.4. The summed E-state index contributed by atoms with van der Waals surface area (Å²) in [5, 5.41) is 0.917. The van der Waals surface area contributed by atoms with E-state index in [4.69, 9.17) is 16.3 Å². The van der Waals surface area contributed by atoms with E-state index >= 15 is 0 Å². The Balaban J connectivity index is 0.000000134. The van der Waals surface area contributed by atoms with E-state index in [9.17, 15) is 8.78 Å². The summed E-state index contributed by atoms with van der Waals surface area (Å²) in [6, 6.07) is 25.5. The molecule has 13 heteroatoms. The van der Waals surface area contributed by atoms with E-state index in [-0.39, 0.29) is 11.6 Å². The first kappa shape index (κ1) is 64.4. The van der Waals surface area contributed by atoms with Crippen molar-refractivity contribution in [1.29, 1.82) is 0 Å². The lowest BCUT2D eigenvalue weighted by Gasteiger charge is -2.40. The van der Waals surface area contributed by atoms with Gasteiger partial charge < -0.3 is 39.0 Å². The van der Waals surface area contributed by atoms with Crippen LogP contribution in [-0.2, 0) is 4.74 Å². The summed E-state index contributed by atoms with van der Waals surface area (Å²) in [7, 11) is 0. The Morgan fingerprint density at radius 3 is 1.01 bits per heavy atom. The molecule has 0 amide bonds. The highest BCUT2D eigenvalue weighted by Crippen LogP contribution is 2.35. The number of hydrogen-bond acceptors (Lipinski definition) is 10. The van der Waals surface area contributed by atoms with E-state index in [1.54, 1.807) is 12.1 Å². The molecule has 9 heterocycles. The van der Waals surface area contributed by atoms with Crippen LogP contribution in [0.15, 0.2) is 72.9 Å². The van der Waals surface area contributed by atoms with Gasteiger partial charge in [-0.1, -0.05) is 91.3 Å². The largest absolute Gasteiger partial charge is 0.379 e. The van der Waals surface area contributed by atoms with Crippen molar-refractivity contribution >= 4 is 34.5 Å². The fourth-order valence-electron chi connectivity index (χ4n) is 14.5. The minimum absolute atomic E-state index is 0.0548. The number of piperidine rings is 4. The van der Waals surface area contributed by atoms with Gasteiger partial charge in [0, 0.05) is 95.8 Å². The number of rotatable bonds is 12. The van der Waals surface area contributed by atoms with E-state index in [1.807, 2.05) is 18.3 Å². The quantitative estimate of drug-likeness (QED) is 0.137. The van der Waals surface area contributed by atoms with E-state index in [2.05, 4.69) is 142 Å². The lowest BCUT2D eigenvalue weighted by Crippen LogP contribution is -2.49. The summed E-state index contributed by atoms with van der Waals surface area (Å²) in [5.74, 6) is 2.89. The van der Waals surface area contributed by atoms with Crippen molar-refractivity contribution in [2.24, 2.45) is 0 Å². The van der Waals surface area contributed by atoms with Crippen LogP contribution in [0.5, 0.6) is 0 Å². The zero-order valence-electron chi connectivity index (χ0n) is 53.2. The zero-order valence-corrected chi connectivity index (χ0v) is 54.0. The molecule has 3 aromatic carbocycles. The number of halogens is 3. The molecule has 12 rings (SSSR count). The smallest absolute Gasteiger partial charge is 0.146 e. The first-order valence-corrected chi connectivity index (χ1v) is 33.9. The van der Waals surface area contributed by atoms with Crippen molar-refractivity contribution in [2.75, 3.05) is 138 Å². The van der Waals surface area contributed by atoms with Crippen molar-refractivity contribution < 1.29 is 13.5 Å². The monoisotopic (exact) mass is 1180 g/mol. The average molecular weight is 1180 g/mol. The van der Waals surface area contributed by atoms with Crippen LogP contribution in [0.1, 0.15) is 191 Å². The minimum Gasteiger partial charge on any atom is -0.379 e. The van der Waals surface area contributed by atoms with Crippen molar-refractivity contribution in [3.63, 3.8) is 0 Å². The predicted molar refractivity (Wildman–Crippen MR) is 351 cm³/mol. The van der Waals surface area contributed by atoms with Crippen LogP contribution in [0.4, 0.5) is 31.7 Å². The van der Waals surface area contributed by atoms with Gasteiger partial charge in [-0.3, -0.25) is 4.90 Å². The number of aromatic nitrogens is 1. The molecule has 0 saturated carbocycles. The number of benzene rings is 3. The number of anilines is 4. The molecular formula is C71H108ClF2N9O. The average Bonchev–Trinajstić information content (AvgIpc) is 4.11. The summed E-state index contributed by atoms with van der Waals surface area (Å²) >= 11 is 6.52. The summed E-state index contributed by atoms with van der Waals surface area (Å²) in [4.78, 5) is 24.6. The highest BCUT2D eigenvalue weighted by molar-refractivity contribution is 6.33. The molecule has 8 saturated heterocycles. The second-order valence-electron chi connectivity index (χ2n) is 27.0. The van der Waals surface area contributed by atoms with E-state index in [1.165, 1.54) is 133 Å². The fraction of sp³-hybridized carbons (Fsp3) is 0.676. The highest BCUT2D eigenvalue weighted by atomic mass is 35.5. The van der Waals surface area contributed by atoms with Crippen LogP contribution in [-0.4, -0.2) is 167 Å². The molecule has 0 aliphatic carbocycles. The van der Waals surface area contributed by atoms with Gasteiger partial charge in [-0.2, -0.15) is 0 Å². The van der Waals surface area contributed by atoms with Crippen LogP contribution in [0.3, 0.4) is 0 Å². The summed E-state index contributed by atoms with van der Waals surface area (Å²) in [6.45, 7) is 37.4. The van der Waals surface area contributed by atoms with Gasteiger partial charge >= 0.3 is 0 Å². The Morgan fingerprint density at radius 2 is 0.690 bits per heavy atom. The molecule has 4 aromatic rings. The summed E-state index contributed by atoms with van der Waals surface area (Å²) in [5.41, 5.74) is 7.61. The Labute approximate surface area is 512 Å². The molecule has 464 valence electrons. The number of nitrogens with zero attached hydrogens (tertiary/aromatic N) is 9. The van der Waals surface area contributed by atoms with Crippen molar-refractivity contribution in [2.45, 2.75) is 193 Å². The number of likely N-dealkylation sites (tertiary alicyclic amines) is 3. The lowest BCUT2D eigenvalue weighted by atomic mass is 10.00. The zero-order chi connectivity index (χ0) is 59.1. The van der Waals surface area contributed by atoms with E-state index in [0.717, 1.165) is 143 Å². The van der Waals surface area contributed by atoms with Crippen molar-refractivity contribution in [3.8, 4) is 0 Å². The molecule has 0 N–H and O–H groups in total. The third kappa shape index (κ3) is 17.6. The van der Waals surface area contributed by atoms with Crippen LogP contribution in [0, 0.1) is 11.6 Å². The van der Waals surface area contributed by atoms with Crippen molar-refractivity contribution in [1.82, 2.24) is 24.6 Å². The molecule has 0 radical (unpaired) electrons. The van der Waals surface area contributed by atoms with Crippen LogP contribution in [0.2, 0.25) is 5.02 Å². The molecule has 0 atom stereocenters. The van der Waals surface area contributed by atoms with Gasteiger partial charge in [-0.15, -0.1) is 0 Å². The maximum absolute atomic E-state index is 14.4. The SMILES string of the molecule is CC(C)c1ccc(N2CCC(N3CCCC3)CC2)c(Cl)c1.CC(C)c1ccc(N2CCC(N3CCCC3)CC2)c(F)c1.CC(C)c1ccc(N2CCC(N3CCCC3)CC2)nc1.CC(C)c1ccc(N2CCC(N3CCOCC3)CC2)c(F)c1. The van der Waals surface area contributed by atoms with Gasteiger partial charge in [-0.05, 0) is 218 Å². The topological polar surface area (TPSA) is 48.0 Å². The Bertz CT molecular complexity index is 2470. The fourth-order valence-corrected chi connectivity index (χ4v) is 14.8. The molecule has 10 nitrogen and oxygen atoms in total. The van der Waals surface area contributed by atoms with E-state index < -0.39 is 0 Å². The number of pyridine rings is 1. The van der Waals surface area contributed by atoms with Crippen LogP contribution in [0.25, 0.3) is 0 Å². The van der Waals surface area contributed by atoms with E-state index in [0.29, 0.717) is 29.7 Å². The van der Waals surface area contributed by atoms with Gasteiger partial charge in [0.1, 0.15) is 17.5 Å². The normalized spacial score (nSPS) is 21.6. The van der Waals surface area contributed by atoms with Crippen LogP contribution < -0.4 is 19.6 Å². The first-order chi connectivity index (χ1) is 40.7. The maximum atomic E-state index is 14.4. The van der Waals surface area contributed by atoms with Gasteiger partial charge in [0.2, 0.25) is 0 Å². The van der Waals surface area contributed by atoms with Gasteiger partial charge in [0.15, 0.2) is 0 Å². The molecule has 1 aromatic heterocycles. The molecule has 8 aliphatic rings. The van der Waals surface area contributed by atoms with Gasteiger partial charge in [0.25, 0.3) is 0 Å². The Kier molecular flexibility index (Phi) is 24.3. The van der Waals surface area contributed by atoms with Crippen molar-refractivity contribution in [3.05, 3.63) is 112 Å².